The third kappa shape index (κ3) is 2.63. The maximum absolute atomic E-state index is 5.49. The Labute approximate surface area is 124 Å². The number of likely N-dealkylation sites (N-methyl/N-ethyl adjacent to an activating group) is 1. The van der Waals surface area contributed by atoms with E-state index in [-0.39, 0.29) is 0 Å². The molecule has 0 amide bonds. The van der Waals surface area contributed by atoms with Crippen LogP contribution >= 0.6 is 0 Å². The molecule has 5 heteroatoms. The van der Waals surface area contributed by atoms with Gasteiger partial charge in [-0.25, -0.2) is 0 Å². The number of nitrogens with zero attached hydrogens (tertiary/aromatic N) is 3. The van der Waals surface area contributed by atoms with Gasteiger partial charge in [0, 0.05) is 36.8 Å². The van der Waals surface area contributed by atoms with Crippen LogP contribution in [0.5, 0.6) is 5.75 Å². The Morgan fingerprint density at radius 3 is 3.05 bits per heavy atom. The van der Waals surface area contributed by atoms with Crippen LogP contribution in [0.1, 0.15) is 12.5 Å². The largest absolute Gasteiger partial charge is 0.496 e. The third-order valence-corrected chi connectivity index (χ3v) is 3.79. The van der Waals surface area contributed by atoms with Crippen molar-refractivity contribution in [2.24, 2.45) is 4.99 Å². The Balaban J connectivity index is 1.89. The zero-order valence-electron chi connectivity index (χ0n) is 12.5. The van der Waals surface area contributed by atoms with E-state index in [9.17, 15) is 0 Å². The number of rotatable bonds is 4. The Morgan fingerprint density at radius 2 is 2.24 bits per heavy atom. The van der Waals surface area contributed by atoms with E-state index in [4.69, 9.17) is 4.74 Å². The van der Waals surface area contributed by atoms with Crippen LogP contribution in [0.2, 0.25) is 0 Å². The molecule has 0 spiro atoms. The molecule has 2 heterocycles. The molecule has 0 aliphatic carbocycles. The van der Waals surface area contributed by atoms with Crippen molar-refractivity contribution in [2.45, 2.75) is 13.5 Å². The number of fused-ring (bicyclic) bond motifs is 1. The lowest BCUT2D eigenvalue weighted by Crippen LogP contribution is -2.37. The Hall–Kier alpha value is -2.30. The highest BCUT2D eigenvalue weighted by Gasteiger charge is 2.16. The molecular weight excluding hydrogens is 264 g/mol. The molecule has 1 N–H and O–H groups in total. The molecule has 21 heavy (non-hydrogen) atoms. The standard InChI is InChI=1S/C16H20N4O/c1-3-20-10-9-18-16(20)19-11-13-14(21-2)7-6-12-5-4-8-17-15(12)13/h4-8H,3,9-11H2,1-2H3,(H,18,19). The van der Waals surface area contributed by atoms with Gasteiger partial charge in [-0.1, -0.05) is 6.07 Å². The van der Waals surface area contributed by atoms with Crippen LogP contribution in [0.15, 0.2) is 35.5 Å². The predicted octanol–water partition coefficient (Wildman–Crippen LogP) is 2.02. The number of benzene rings is 1. The zero-order chi connectivity index (χ0) is 14.7. The number of aliphatic imine (C=N–C) groups is 1. The Kier molecular flexibility index (Phi) is 3.90. The van der Waals surface area contributed by atoms with E-state index >= 15 is 0 Å². The first-order valence-electron chi connectivity index (χ1n) is 7.27. The molecule has 3 rings (SSSR count). The van der Waals surface area contributed by atoms with Gasteiger partial charge in [-0.15, -0.1) is 0 Å². The molecule has 0 fully saturated rings. The summed E-state index contributed by atoms with van der Waals surface area (Å²) in [5, 5.41) is 4.54. The fourth-order valence-corrected chi connectivity index (χ4v) is 2.67. The first-order valence-corrected chi connectivity index (χ1v) is 7.27. The molecule has 0 unspecified atom stereocenters. The molecule has 1 aromatic heterocycles. The lowest BCUT2D eigenvalue weighted by atomic mass is 10.1. The number of hydrogen-bond acceptors (Lipinski definition) is 5. The second kappa shape index (κ2) is 5.99. The predicted molar refractivity (Wildman–Crippen MR) is 84.7 cm³/mol. The highest BCUT2D eigenvalue weighted by atomic mass is 16.5. The van der Waals surface area contributed by atoms with Crippen LogP contribution in [0.3, 0.4) is 0 Å². The van der Waals surface area contributed by atoms with Gasteiger partial charge in [0.25, 0.3) is 0 Å². The fourth-order valence-electron chi connectivity index (χ4n) is 2.67. The van der Waals surface area contributed by atoms with E-state index in [1.165, 1.54) is 0 Å². The molecular formula is C16H20N4O. The highest BCUT2D eigenvalue weighted by molar-refractivity contribution is 5.85. The molecule has 0 saturated carbocycles. The van der Waals surface area contributed by atoms with Crippen molar-refractivity contribution in [1.29, 1.82) is 0 Å². The number of nitrogens with one attached hydrogen (secondary N) is 1. The molecule has 1 aliphatic heterocycles. The van der Waals surface area contributed by atoms with Gasteiger partial charge in [-0.05, 0) is 25.1 Å². The van der Waals surface area contributed by atoms with Gasteiger partial charge in [0.2, 0.25) is 0 Å². The molecule has 1 aliphatic rings. The van der Waals surface area contributed by atoms with Crippen molar-refractivity contribution in [3.8, 4) is 5.75 Å². The van der Waals surface area contributed by atoms with Crippen molar-refractivity contribution in [3.63, 3.8) is 0 Å². The summed E-state index contributed by atoms with van der Waals surface area (Å²) in [6.07, 6.45) is 1.82. The van der Waals surface area contributed by atoms with Gasteiger partial charge >= 0.3 is 0 Å². The van der Waals surface area contributed by atoms with Crippen LogP contribution < -0.4 is 10.1 Å². The van der Waals surface area contributed by atoms with Crippen molar-refractivity contribution in [1.82, 2.24) is 15.2 Å². The van der Waals surface area contributed by atoms with Crippen LogP contribution in [0, 0.1) is 0 Å². The molecule has 0 atom stereocenters. The number of ether oxygens (including phenoxy) is 1. The van der Waals surface area contributed by atoms with Gasteiger partial charge in [0.1, 0.15) is 5.75 Å². The summed E-state index contributed by atoms with van der Waals surface area (Å²) in [5.41, 5.74) is 2.05. The first-order chi connectivity index (χ1) is 10.3. The second-order valence-electron chi connectivity index (χ2n) is 4.96. The molecule has 110 valence electrons. The third-order valence-electron chi connectivity index (χ3n) is 3.79. The highest BCUT2D eigenvalue weighted by Crippen LogP contribution is 2.26. The van der Waals surface area contributed by atoms with Crippen LogP contribution in [0.4, 0.5) is 0 Å². The lowest BCUT2D eigenvalue weighted by molar-refractivity contribution is 0.409. The lowest BCUT2D eigenvalue weighted by Gasteiger charge is -2.20. The van der Waals surface area contributed by atoms with Crippen molar-refractivity contribution >= 4 is 16.9 Å². The van der Waals surface area contributed by atoms with Gasteiger partial charge in [0.05, 0.1) is 19.2 Å². The van der Waals surface area contributed by atoms with E-state index in [1.807, 2.05) is 24.4 Å². The van der Waals surface area contributed by atoms with Crippen molar-refractivity contribution < 1.29 is 4.74 Å². The van der Waals surface area contributed by atoms with E-state index in [2.05, 4.69) is 33.2 Å². The smallest absolute Gasteiger partial charge is 0.194 e. The number of hydrogen-bond donors (Lipinski definition) is 1. The van der Waals surface area contributed by atoms with E-state index < -0.39 is 0 Å². The number of guanidine groups is 1. The maximum atomic E-state index is 5.49. The zero-order valence-corrected chi connectivity index (χ0v) is 12.5. The summed E-state index contributed by atoms with van der Waals surface area (Å²) in [6, 6.07) is 8.05. The van der Waals surface area contributed by atoms with Gasteiger partial charge in [-0.3, -0.25) is 9.98 Å². The summed E-state index contributed by atoms with van der Waals surface area (Å²) in [6.45, 7) is 5.62. The minimum atomic E-state index is 0.660. The van der Waals surface area contributed by atoms with Crippen LogP contribution in [-0.4, -0.2) is 42.6 Å². The maximum Gasteiger partial charge on any atom is 0.194 e. The minimum absolute atomic E-state index is 0.660. The average Bonchev–Trinajstić information content (AvgIpc) is 2.99. The molecule has 0 radical (unpaired) electrons. The molecule has 1 aromatic carbocycles. The summed E-state index contributed by atoms with van der Waals surface area (Å²) >= 11 is 0. The number of pyridine rings is 1. The monoisotopic (exact) mass is 284 g/mol. The molecule has 5 nitrogen and oxygen atoms in total. The summed E-state index contributed by atoms with van der Waals surface area (Å²) in [4.78, 5) is 11.3. The van der Waals surface area contributed by atoms with Crippen molar-refractivity contribution in [2.75, 3.05) is 26.7 Å². The van der Waals surface area contributed by atoms with Gasteiger partial charge in [-0.2, -0.15) is 0 Å². The minimum Gasteiger partial charge on any atom is -0.496 e. The summed E-state index contributed by atoms with van der Waals surface area (Å²) < 4.78 is 5.49. The van der Waals surface area contributed by atoms with E-state index in [0.29, 0.717) is 6.54 Å². The normalized spacial score (nSPS) is 14.4. The second-order valence-corrected chi connectivity index (χ2v) is 4.96. The summed E-state index contributed by atoms with van der Waals surface area (Å²) in [7, 11) is 1.69. The van der Waals surface area contributed by atoms with E-state index in [0.717, 1.165) is 47.8 Å². The van der Waals surface area contributed by atoms with Gasteiger partial charge in [0.15, 0.2) is 5.96 Å². The number of methoxy groups -OCH3 is 1. The Morgan fingerprint density at radius 1 is 1.33 bits per heavy atom. The fraction of sp³-hybridized carbons (Fsp3) is 0.375. The van der Waals surface area contributed by atoms with Crippen LogP contribution in [0.25, 0.3) is 10.9 Å². The Bertz CT molecular complexity index is 668. The molecule has 0 bridgehead atoms. The first kappa shape index (κ1) is 13.7. The topological polar surface area (TPSA) is 49.8 Å². The molecule has 0 saturated heterocycles. The average molecular weight is 284 g/mol. The molecule has 2 aromatic rings. The van der Waals surface area contributed by atoms with Gasteiger partial charge < -0.3 is 15.0 Å². The SMILES string of the molecule is CCN1CCN=C1NCc1c(OC)ccc2cccnc12. The van der Waals surface area contributed by atoms with Crippen molar-refractivity contribution in [3.05, 3.63) is 36.0 Å². The number of aromatic nitrogens is 1. The quantitative estimate of drug-likeness (QED) is 0.933. The van der Waals surface area contributed by atoms with E-state index in [1.54, 1.807) is 7.11 Å². The van der Waals surface area contributed by atoms with Crippen LogP contribution in [-0.2, 0) is 6.54 Å². The summed E-state index contributed by atoms with van der Waals surface area (Å²) in [5.74, 6) is 1.82.